The molecule has 0 bridgehead atoms. The number of nitrogens with zero attached hydrogens (tertiary/aromatic N) is 2. The van der Waals surface area contributed by atoms with E-state index in [0.717, 1.165) is 42.3 Å². The summed E-state index contributed by atoms with van der Waals surface area (Å²) in [7, 11) is 0. The van der Waals surface area contributed by atoms with Crippen LogP contribution in [-0.2, 0) is 16.1 Å². The van der Waals surface area contributed by atoms with Gasteiger partial charge in [-0.2, -0.15) is 0 Å². The highest BCUT2D eigenvalue weighted by molar-refractivity contribution is 6.29. The van der Waals surface area contributed by atoms with Crippen molar-refractivity contribution in [3.8, 4) is 0 Å². The first-order valence-electron chi connectivity index (χ1n) is 10.7. The Bertz CT molecular complexity index is 1030. The number of carbonyl (C=O) groups is 1. The average molecular weight is 425 g/mol. The van der Waals surface area contributed by atoms with Gasteiger partial charge in [0, 0.05) is 0 Å². The maximum atomic E-state index is 12.8. The number of imidazole rings is 1. The van der Waals surface area contributed by atoms with Crippen LogP contribution in [0.25, 0.3) is 11.0 Å². The van der Waals surface area contributed by atoms with Crippen LogP contribution in [0.5, 0.6) is 0 Å². The van der Waals surface area contributed by atoms with E-state index >= 15 is 0 Å². The summed E-state index contributed by atoms with van der Waals surface area (Å²) in [5.41, 5.74) is 3.87. The molecule has 0 radical (unpaired) electrons. The molecule has 158 valence electrons. The molecule has 4 nitrogen and oxygen atoms in total. The van der Waals surface area contributed by atoms with Crippen molar-refractivity contribution in [3.05, 3.63) is 64.9 Å². The number of benzene rings is 2. The summed E-state index contributed by atoms with van der Waals surface area (Å²) in [4.78, 5) is 17.2. The number of hydrogen-bond acceptors (Lipinski definition) is 3. The molecule has 5 heteroatoms. The lowest BCUT2D eigenvalue weighted by atomic mass is 9.75. The largest absolute Gasteiger partial charge is 0.460 e. The number of esters is 1. The third-order valence-corrected chi connectivity index (χ3v) is 6.12. The summed E-state index contributed by atoms with van der Waals surface area (Å²) >= 11 is 6.38. The fourth-order valence-corrected chi connectivity index (χ4v) is 4.68. The quantitative estimate of drug-likeness (QED) is 0.458. The number of hydrogen-bond donors (Lipinski definition) is 0. The van der Waals surface area contributed by atoms with Gasteiger partial charge in [-0.25, -0.2) is 4.98 Å². The first kappa shape index (κ1) is 20.9. The number of carbonyl (C=O) groups excluding carboxylic acids is 1. The Kier molecular flexibility index (Phi) is 5.88. The molecule has 1 saturated carbocycles. The second-order valence-electron chi connectivity index (χ2n) is 9.23. The number of para-hydroxylation sites is 2. The van der Waals surface area contributed by atoms with Crippen molar-refractivity contribution in [1.82, 2.24) is 9.55 Å². The van der Waals surface area contributed by atoms with E-state index in [-0.39, 0.29) is 17.8 Å². The normalized spacial score (nSPS) is 19.7. The van der Waals surface area contributed by atoms with Crippen molar-refractivity contribution < 1.29 is 9.53 Å². The van der Waals surface area contributed by atoms with E-state index in [1.54, 1.807) is 0 Å². The second-order valence-corrected chi connectivity index (χ2v) is 9.57. The Morgan fingerprint density at radius 2 is 1.80 bits per heavy atom. The van der Waals surface area contributed by atoms with Crippen LogP contribution in [-0.4, -0.2) is 21.1 Å². The van der Waals surface area contributed by atoms with Gasteiger partial charge in [0.15, 0.2) is 0 Å². The Hall–Kier alpha value is -2.33. The van der Waals surface area contributed by atoms with Crippen LogP contribution in [0.2, 0.25) is 5.28 Å². The molecule has 0 aliphatic heterocycles. The molecular weight excluding hydrogens is 396 g/mol. The molecule has 1 fully saturated rings. The lowest BCUT2D eigenvalue weighted by molar-refractivity contribution is -0.161. The smallest absolute Gasteiger partial charge is 0.310 e. The van der Waals surface area contributed by atoms with Gasteiger partial charge in [-0.15, -0.1) is 0 Å². The topological polar surface area (TPSA) is 44.1 Å². The van der Waals surface area contributed by atoms with E-state index in [1.807, 2.05) is 49.6 Å². The number of ether oxygens (including phenoxy) is 1. The third kappa shape index (κ3) is 4.54. The minimum atomic E-state index is -0.449. The fourth-order valence-electron chi connectivity index (χ4n) is 4.44. The van der Waals surface area contributed by atoms with Crippen molar-refractivity contribution in [3.63, 3.8) is 0 Å². The van der Waals surface area contributed by atoms with Crippen LogP contribution < -0.4 is 0 Å². The third-order valence-electron chi connectivity index (χ3n) is 5.83. The molecule has 0 unspecified atom stereocenters. The van der Waals surface area contributed by atoms with Gasteiger partial charge in [0.25, 0.3) is 0 Å². The van der Waals surface area contributed by atoms with E-state index in [4.69, 9.17) is 16.3 Å². The molecule has 1 heterocycles. The average Bonchev–Trinajstić information content (AvgIpc) is 3.02. The molecule has 1 aromatic heterocycles. The number of aromatic nitrogens is 2. The molecule has 1 aliphatic rings. The molecule has 4 rings (SSSR count). The molecule has 0 N–H and O–H groups in total. The molecule has 3 aromatic rings. The summed E-state index contributed by atoms with van der Waals surface area (Å²) in [6.45, 7) is 6.47. The zero-order valence-corrected chi connectivity index (χ0v) is 18.7. The van der Waals surface area contributed by atoms with Crippen LogP contribution in [0.3, 0.4) is 0 Å². The van der Waals surface area contributed by atoms with E-state index in [9.17, 15) is 4.79 Å². The van der Waals surface area contributed by atoms with Crippen molar-refractivity contribution in [2.75, 3.05) is 0 Å². The van der Waals surface area contributed by atoms with Gasteiger partial charge in [0.05, 0.1) is 23.5 Å². The molecule has 1 aliphatic carbocycles. The second kappa shape index (κ2) is 8.43. The summed E-state index contributed by atoms with van der Waals surface area (Å²) in [6, 6.07) is 16.6. The van der Waals surface area contributed by atoms with Crippen molar-refractivity contribution in [1.29, 1.82) is 0 Å². The first-order valence-corrected chi connectivity index (χ1v) is 11.1. The zero-order chi connectivity index (χ0) is 21.3. The molecule has 2 aromatic carbocycles. The Labute approximate surface area is 183 Å². The predicted molar refractivity (Wildman–Crippen MR) is 121 cm³/mol. The minimum Gasteiger partial charge on any atom is -0.460 e. The van der Waals surface area contributed by atoms with Gasteiger partial charge in [0.2, 0.25) is 5.28 Å². The van der Waals surface area contributed by atoms with Gasteiger partial charge in [-0.3, -0.25) is 4.79 Å². The Morgan fingerprint density at radius 3 is 2.53 bits per heavy atom. The number of halogens is 1. The lowest BCUT2D eigenvalue weighted by Gasteiger charge is -2.32. The Morgan fingerprint density at radius 1 is 1.10 bits per heavy atom. The number of fused-ring (bicyclic) bond motifs is 1. The van der Waals surface area contributed by atoms with Gasteiger partial charge < -0.3 is 9.30 Å². The van der Waals surface area contributed by atoms with Crippen LogP contribution in [0.15, 0.2) is 48.5 Å². The maximum absolute atomic E-state index is 12.8. The van der Waals surface area contributed by atoms with Crippen LogP contribution in [0.1, 0.15) is 63.5 Å². The SMILES string of the molecule is CC(C)(C)OC(=O)[C@@H]1CCCC[C@H]1c1ccc(Cn2c(Cl)nc3ccccc32)cc1. The van der Waals surface area contributed by atoms with Crippen LogP contribution in [0, 0.1) is 5.92 Å². The van der Waals surface area contributed by atoms with Crippen LogP contribution in [0.4, 0.5) is 0 Å². The molecule has 30 heavy (non-hydrogen) atoms. The fraction of sp³-hybridized carbons (Fsp3) is 0.440. The molecule has 2 atom stereocenters. The van der Waals surface area contributed by atoms with Crippen molar-refractivity contribution in [2.24, 2.45) is 5.92 Å². The molecular formula is C25H29ClN2O2. The lowest BCUT2D eigenvalue weighted by Crippen LogP contribution is -2.33. The van der Waals surface area contributed by atoms with Gasteiger partial charge >= 0.3 is 5.97 Å². The highest BCUT2D eigenvalue weighted by atomic mass is 35.5. The predicted octanol–water partition coefficient (Wildman–Crippen LogP) is 6.35. The monoisotopic (exact) mass is 424 g/mol. The molecule has 0 saturated heterocycles. The Balaban J connectivity index is 1.53. The maximum Gasteiger partial charge on any atom is 0.310 e. The van der Waals surface area contributed by atoms with Gasteiger partial charge in [-0.05, 0) is 74.4 Å². The van der Waals surface area contributed by atoms with Crippen LogP contribution >= 0.6 is 11.6 Å². The summed E-state index contributed by atoms with van der Waals surface area (Å²) < 4.78 is 7.74. The van der Waals surface area contributed by atoms with Gasteiger partial charge in [-0.1, -0.05) is 49.2 Å². The van der Waals surface area contributed by atoms with E-state index in [1.165, 1.54) is 5.56 Å². The molecule has 0 spiro atoms. The highest BCUT2D eigenvalue weighted by Crippen LogP contribution is 2.39. The summed E-state index contributed by atoms with van der Waals surface area (Å²) in [5.74, 6) is 0.101. The minimum absolute atomic E-state index is 0.0594. The molecule has 0 amide bonds. The standard InChI is InChI=1S/C25H29ClN2O2/c1-25(2,3)30-23(29)20-9-5-4-8-19(20)18-14-12-17(13-15-18)16-28-22-11-7-6-10-21(22)27-24(28)26/h6-7,10-15,19-20H,4-5,8-9,16H2,1-3H3/t19-,20+/m0/s1. The van der Waals surface area contributed by atoms with E-state index in [2.05, 4.69) is 29.2 Å². The summed E-state index contributed by atoms with van der Waals surface area (Å²) in [6.07, 6.45) is 4.17. The zero-order valence-electron chi connectivity index (χ0n) is 17.9. The first-order chi connectivity index (χ1) is 14.3. The number of rotatable bonds is 4. The van der Waals surface area contributed by atoms with Crippen molar-refractivity contribution >= 4 is 28.6 Å². The van der Waals surface area contributed by atoms with Gasteiger partial charge in [0.1, 0.15) is 5.60 Å². The summed E-state index contributed by atoms with van der Waals surface area (Å²) in [5, 5.41) is 0.498. The highest BCUT2D eigenvalue weighted by Gasteiger charge is 2.35. The van der Waals surface area contributed by atoms with Crippen molar-refractivity contribution in [2.45, 2.75) is 64.5 Å². The van der Waals surface area contributed by atoms with E-state index < -0.39 is 5.60 Å². The van der Waals surface area contributed by atoms with E-state index in [0.29, 0.717) is 11.8 Å².